The van der Waals surface area contributed by atoms with Crippen LogP contribution in [-0.4, -0.2) is 39.5 Å². The molecule has 0 bridgehead atoms. The van der Waals surface area contributed by atoms with Crippen LogP contribution in [-0.2, 0) is 4.74 Å². The van der Waals surface area contributed by atoms with Crippen molar-refractivity contribution >= 4 is 5.69 Å². The molecule has 0 spiro atoms. The van der Waals surface area contributed by atoms with Crippen LogP contribution in [0.25, 0.3) is 0 Å². The van der Waals surface area contributed by atoms with Crippen LogP contribution in [0.1, 0.15) is 24.8 Å². The predicted molar refractivity (Wildman–Crippen MR) is 82.7 cm³/mol. The minimum Gasteiger partial charge on any atom is -0.497 e. The lowest BCUT2D eigenvalue weighted by atomic mass is 10.1. The number of hydrogen-bond acceptors (Lipinski definition) is 5. The van der Waals surface area contributed by atoms with Gasteiger partial charge < -0.3 is 20.1 Å². The van der Waals surface area contributed by atoms with Gasteiger partial charge in [0.05, 0.1) is 24.5 Å². The number of nitriles is 1. The van der Waals surface area contributed by atoms with Crippen LogP contribution < -0.4 is 15.4 Å². The van der Waals surface area contributed by atoms with Crippen molar-refractivity contribution in [1.29, 1.82) is 5.26 Å². The van der Waals surface area contributed by atoms with E-state index in [1.54, 1.807) is 19.2 Å². The van der Waals surface area contributed by atoms with Gasteiger partial charge in [-0.25, -0.2) is 0 Å². The van der Waals surface area contributed by atoms with E-state index in [0.29, 0.717) is 11.7 Å². The van der Waals surface area contributed by atoms with Gasteiger partial charge in [-0.3, -0.25) is 0 Å². The van der Waals surface area contributed by atoms with Crippen LogP contribution in [0.15, 0.2) is 18.2 Å². The standard InChI is InChI=1S/C16H23N3O2/c1-20-15-4-3-13(12-17)16(11-15)19-7-2-10-21-14-5-8-18-9-6-14/h3-4,11,14,18-19H,2,5-10H2,1H3. The summed E-state index contributed by atoms with van der Waals surface area (Å²) in [5.41, 5.74) is 1.45. The lowest BCUT2D eigenvalue weighted by Crippen LogP contribution is -2.32. The maximum atomic E-state index is 9.09. The third-order valence-electron chi connectivity index (χ3n) is 3.62. The van der Waals surface area contributed by atoms with Crippen molar-refractivity contribution in [2.24, 2.45) is 0 Å². The van der Waals surface area contributed by atoms with Crippen molar-refractivity contribution in [2.75, 3.05) is 38.7 Å². The van der Waals surface area contributed by atoms with Crippen LogP contribution in [0.4, 0.5) is 5.69 Å². The molecule has 5 heteroatoms. The number of nitrogens with zero attached hydrogens (tertiary/aromatic N) is 1. The van der Waals surface area contributed by atoms with E-state index in [1.807, 2.05) is 6.07 Å². The first-order chi connectivity index (χ1) is 10.3. The Labute approximate surface area is 126 Å². The van der Waals surface area contributed by atoms with Crippen molar-refractivity contribution < 1.29 is 9.47 Å². The van der Waals surface area contributed by atoms with Gasteiger partial charge in [-0.1, -0.05) is 0 Å². The Hall–Kier alpha value is -1.77. The van der Waals surface area contributed by atoms with E-state index in [9.17, 15) is 0 Å². The fourth-order valence-electron chi connectivity index (χ4n) is 2.40. The molecule has 1 aromatic carbocycles. The van der Waals surface area contributed by atoms with E-state index >= 15 is 0 Å². The molecule has 1 aliphatic heterocycles. The van der Waals surface area contributed by atoms with Gasteiger partial charge in [-0.05, 0) is 44.5 Å². The summed E-state index contributed by atoms with van der Waals surface area (Å²) in [5.74, 6) is 0.752. The molecular formula is C16H23N3O2. The molecule has 5 nitrogen and oxygen atoms in total. The Balaban J connectivity index is 1.71. The van der Waals surface area contributed by atoms with E-state index < -0.39 is 0 Å². The van der Waals surface area contributed by atoms with E-state index in [0.717, 1.165) is 56.9 Å². The average molecular weight is 289 g/mol. The Bertz CT molecular complexity index is 479. The van der Waals surface area contributed by atoms with Crippen LogP contribution in [0.3, 0.4) is 0 Å². The van der Waals surface area contributed by atoms with Gasteiger partial charge in [0.2, 0.25) is 0 Å². The molecular weight excluding hydrogens is 266 g/mol. The van der Waals surface area contributed by atoms with E-state index in [-0.39, 0.29) is 0 Å². The van der Waals surface area contributed by atoms with Crippen molar-refractivity contribution in [3.8, 4) is 11.8 Å². The number of nitrogens with one attached hydrogen (secondary N) is 2. The number of methoxy groups -OCH3 is 1. The summed E-state index contributed by atoms with van der Waals surface area (Å²) in [6, 6.07) is 7.60. The molecule has 2 N–H and O–H groups in total. The number of rotatable bonds is 7. The predicted octanol–water partition coefficient (Wildman–Crippen LogP) is 2.14. The summed E-state index contributed by atoms with van der Waals surface area (Å²) in [6.45, 7) is 3.65. The molecule has 0 unspecified atom stereocenters. The molecule has 0 saturated carbocycles. The van der Waals surface area contributed by atoms with Crippen LogP contribution in [0.2, 0.25) is 0 Å². The highest BCUT2D eigenvalue weighted by molar-refractivity contribution is 5.60. The molecule has 114 valence electrons. The zero-order valence-electron chi connectivity index (χ0n) is 12.5. The zero-order valence-corrected chi connectivity index (χ0v) is 12.5. The second-order valence-corrected chi connectivity index (χ2v) is 5.12. The average Bonchev–Trinajstić information content (AvgIpc) is 2.55. The molecule has 21 heavy (non-hydrogen) atoms. The Morgan fingerprint density at radius 1 is 1.38 bits per heavy atom. The molecule has 1 heterocycles. The van der Waals surface area contributed by atoms with Crippen molar-refractivity contribution in [3.63, 3.8) is 0 Å². The van der Waals surface area contributed by atoms with E-state index in [1.165, 1.54) is 0 Å². The SMILES string of the molecule is COc1ccc(C#N)c(NCCCOC2CCNCC2)c1. The summed E-state index contributed by atoms with van der Waals surface area (Å²) in [7, 11) is 1.62. The highest BCUT2D eigenvalue weighted by Gasteiger charge is 2.12. The van der Waals surface area contributed by atoms with Gasteiger partial charge in [0, 0.05) is 19.2 Å². The second-order valence-electron chi connectivity index (χ2n) is 5.12. The molecule has 0 atom stereocenters. The lowest BCUT2D eigenvalue weighted by molar-refractivity contribution is 0.0329. The molecule has 0 aliphatic carbocycles. The summed E-state index contributed by atoms with van der Waals surface area (Å²) in [6.07, 6.45) is 3.52. The third kappa shape index (κ3) is 4.92. The number of piperidine rings is 1. The Morgan fingerprint density at radius 3 is 2.90 bits per heavy atom. The topological polar surface area (TPSA) is 66.3 Å². The van der Waals surface area contributed by atoms with Crippen molar-refractivity contribution in [2.45, 2.75) is 25.4 Å². The molecule has 0 radical (unpaired) electrons. The summed E-state index contributed by atoms with van der Waals surface area (Å²) in [5, 5.41) is 15.7. The quantitative estimate of drug-likeness (QED) is 0.753. The summed E-state index contributed by atoms with van der Waals surface area (Å²) in [4.78, 5) is 0. The zero-order chi connectivity index (χ0) is 14.9. The number of benzene rings is 1. The third-order valence-corrected chi connectivity index (χ3v) is 3.62. The maximum Gasteiger partial charge on any atom is 0.121 e. The van der Waals surface area contributed by atoms with Gasteiger partial charge in [-0.15, -0.1) is 0 Å². The van der Waals surface area contributed by atoms with Crippen LogP contribution in [0, 0.1) is 11.3 Å². The number of anilines is 1. The van der Waals surface area contributed by atoms with E-state index in [2.05, 4.69) is 16.7 Å². The summed E-state index contributed by atoms with van der Waals surface area (Å²) < 4.78 is 11.0. The Kier molecular flexibility index (Phi) is 6.32. The minimum absolute atomic E-state index is 0.401. The maximum absolute atomic E-state index is 9.09. The minimum atomic E-state index is 0.401. The largest absolute Gasteiger partial charge is 0.497 e. The fraction of sp³-hybridized carbons (Fsp3) is 0.562. The summed E-state index contributed by atoms with van der Waals surface area (Å²) >= 11 is 0. The monoisotopic (exact) mass is 289 g/mol. The number of hydrogen-bond donors (Lipinski definition) is 2. The highest BCUT2D eigenvalue weighted by Crippen LogP contribution is 2.21. The van der Waals surface area contributed by atoms with Gasteiger partial charge in [0.15, 0.2) is 0 Å². The molecule has 0 amide bonds. The molecule has 1 saturated heterocycles. The first kappa shape index (κ1) is 15.6. The first-order valence-electron chi connectivity index (χ1n) is 7.48. The van der Waals surface area contributed by atoms with Gasteiger partial charge in [0.1, 0.15) is 11.8 Å². The van der Waals surface area contributed by atoms with Crippen molar-refractivity contribution in [1.82, 2.24) is 5.32 Å². The lowest BCUT2D eigenvalue weighted by Gasteiger charge is -2.23. The molecule has 1 aliphatic rings. The smallest absolute Gasteiger partial charge is 0.121 e. The van der Waals surface area contributed by atoms with Crippen molar-refractivity contribution in [3.05, 3.63) is 23.8 Å². The first-order valence-corrected chi connectivity index (χ1v) is 7.48. The molecule has 1 aromatic rings. The van der Waals surface area contributed by atoms with Crippen LogP contribution >= 0.6 is 0 Å². The Morgan fingerprint density at radius 2 is 2.19 bits per heavy atom. The molecule has 1 fully saturated rings. The molecule has 2 rings (SSSR count). The molecule has 0 aromatic heterocycles. The number of ether oxygens (including phenoxy) is 2. The fourth-order valence-corrected chi connectivity index (χ4v) is 2.40. The van der Waals surface area contributed by atoms with Crippen LogP contribution in [0.5, 0.6) is 5.75 Å². The van der Waals surface area contributed by atoms with Gasteiger partial charge >= 0.3 is 0 Å². The normalized spacial score (nSPS) is 15.4. The van der Waals surface area contributed by atoms with Gasteiger partial charge in [0.25, 0.3) is 0 Å². The van der Waals surface area contributed by atoms with E-state index in [4.69, 9.17) is 14.7 Å². The second kappa shape index (κ2) is 8.50. The highest BCUT2D eigenvalue weighted by atomic mass is 16.5. The van der Waals surface area contributed by atoms with Gasteiger partial charge in [-0.2, -0.15) is 5.26 Å².